The van der Waals surface area contributed by atoms with Gasteiger partial charge in [0.15, 0.2) is 11.5 Å². The minimum Gasteiger partial charge on any atom is -0.493 e. The Kier molecular flexibility index (Phi) is 3.99. The molecule has 18 heavy (non-hydrogen) atoms. The maximum absolute atomic E-state index is 10.4. The van der Waals surface area contributed by atoms with Gasteiger partial charge in [0.25, 0.3) is 6.47 Å². The highest BCUT2D eigenvalue weighted by Gasteiger charge is 2.19. The van der Waals surface area contributed by atoms with E-state index in [4.69, 9.17) is 14.2 Å². The lowest BCUT2D eigenvalue weighted by Gasteiger charge is -2.25. The molecule has 1 aromatic rings. The Morgan fingerprint density at radius 1 is 1.44 bits per heavy atom. The minimum absolute atomic E-state index is 0.00503. The Balaban J connectivity index is 2.23. The fourth-order valence-electron chi connectivity index (χ4n) is 2.02. The zero-order chi connectivity index (χ0) is 13.0. The van der Waals surface area contributed by atoms with E-state index >= 15 is 0 Å². The Morgan fingerprint density at radius 2 is 2.28 bits per heavy atom. The number of hydrogen-bond donors (Lipinski definition) is 0. The van der Waals surface area contributed by atoms with Gasteiger partial charge in [0.1, 0.15) is 0 Å². The Morgan fingerprint density at radius 3 is 2.94 bits per heavy atom. The summed E-state index contributed by atoms with van der Waals surface area (Å²) in [7, 11) is 1.54. The van der Waals surface area contributed by atoms with Crippen molar-refractivity contribution in [2.24, 2.45) is 0 Å². The lowest BCUT2D eigenvalue weighted by atomic mass is 9.98. The Labute approximate surface area is 106 Å². The fourth-order valence-corrected chi connectivity index (χ4v) is 2.02. The van der Waals surface area contributed by atoms with E-state index in [0.29, 0.717) is 24.6 Å². The van der Waals surface area contributed by atoms with Crippen molar-refractivity contribution < 1.29 is 19.0 Å². The maximum Gasteiger partial charge on any atom is 0.298 e. The summed E-state index contributed by atoms with van der Waals surface area (Å²) in [5, 5.41) is 0. The molecule has 1 fully saturated rings. The van der Waals surface area contributed by atoms with Crippen molar-refractivity contribution in [2.45, 2.75) is 18.9 Å². The van der Waals surface area contributed by atoms with E-state index in [-0.39, 0.29) is 6.10 Å². The number of methoxy groups -OCH3 is 1. The maximum atomic E-state index is 10.4. The van der Waals surface area contributed by atoms with E-state index in [1.165, 1.54) is 12.7 Å². The molecule has 1 aromatic carbocycles. The number of carbonyl (C=O) groups excluding carboxylic acids is 1. The molecule has 2 rings (SSSR count). The molecule has 1 saturated heterocycles. The standard InChI is InChI=1S/C14H16O4/c1-10-5-6-17-13(7-10)11-3-4-12(18-9-15)14(8-11)16-2/h3-4,8-9,13H,1,5-7H2,2H3. The summed E-state index contributed by atoms with van der Waals surface area (Å²) in [6, 6.07) is 5.43. The monoisotopic (exact) mass is 248 g/mol. The Bertz CT molecular complexity index is 453. The molecule has 0 saturated carbocycles. The topological polar surface area (TPSA) is 44.8 Å². The second-order valence-corrected chi connectivity index (χ2v) is 4.19. The Hall–Kier alpha value is -1.81. The fraction of sp³-hybridized carbons (Fsp3) is 0.357. The molecule has 1 atom stereocenters. The van der Waals surface area contributed by atoms with Crippen LogP contribution >= 0.6 is 0 Å². The molecule has 0 radical (unpaired) electrons. The average Bonchev–Trinajstić information content (AvgIpc) is 2.39. The number of benzene rings is 1. The molecule has 1 aliphatic rings. The molecular weight excluding hydrogens is 232 g/mol. The summed E-state index contributed by atoms with van der Waals surface area (Å²) < 4.78 is 15.7. The molecule has 0 bridgehead atoms. The smallest absolute Gasteiger partial charge is 0.298 e. The third-order valence-electron chi connectivity index (χ3n) is 2.98. The van der Waals surface area contributed by atoms with Gasteiger partial charge in [-0.3, -0.25) is 4.79 Å². The summed E-state index contributed by atoms with van der Waals surface area (Å²) in [6.45, 7) is 5.08. The SMILES string of the molecule is C=C1CCOC(c2ccc(OC=O)c(OC)c2)C1. The van der Waals surface area contributed by atoms with E-state index in [2.05, 4.69) is 6.58 Å². The number of hydrogen-bond acceptors (Lipinski definition) is 4. The summed E-state index contributed by atoms with van der Waals surface area (Å²) >= 11 is 0. The highest BCUT2D eigenvalue weighted by Crippen LogP contribution is 2.35. The predicted octanol–water partition coefficient (Wildman–Crippen LogP) is 2.64. The first kappa shape index (κ1) is 12.6. The van der Waals surface area contributed by atoms with E-state index < -0.39 is 0 Å². The molecule has 1 aliphatic heterocycles. The summed E-state index contributed by atoms with van der Waals surface area (Å²) in [5.74, 6) is 0.935. The molecular formula is C14H16O4. The van der Waals surface area contributed by atoms with E-state index in [9.17, 15) is 4.79 Å². The normalized spacial score (nSPS) is 19.4. The molecule has 1 unspecified atom stereocenters. The number of carbonyl (C=O) groups is 1. The van der Waals surface area contributed by atoms with Crippen molar-refractivity contribution in [1.82, 2.24) is 0 Å². The zero-order valence-electron chi connectivity index (χ0n) is 10.3. The second kappa shape index (κ2) is 5.69. The quantitative estimate of drug-likeness (QED) is 0.607. The van der Waals surface area contributed by atoms with Crippen LogP contribution in [-0.4, -0.2) is 20.2 Å². The third-order valence-corrected chi connectivity index (χ3v) is 2.98. The van der Waals surface area contributed by atoms with Gasteiger partial charge in [-0.05, 0) is 30.5 Å². The van der Waals surface area contributed by atoms with Gasteiger partial charge in [-0.15, -0.1) is 0 Å². The molecule has 96 valence electrons. The van der Waals surface area contributed by atoms with Crippen molar-refractivity contribution in [3.05, 3.63) is 35.9 Å². The predicted molar refractivity (Wildman–Crippen MR) is 66.8 cm³/mol. The van der Waals surface area contributed by atoms with Crippen LogP contribution in [0.1, 0.15) is 24.5 Å². The summed E-state index contributed by atoms with van der Waals surface area (Å²) in [5.41, 5.74) is 2.20. The first-order chi connectivity index (χ1) is 8.74. The van der Waals surface area contributed by atoms with Gasteiger partial charge >= 0.3 is 0 Å². The van der Waals surface area contributed by atoms with Crippen molar-refractivity contribution in [3.63, 3.8) is 0 Å². The van der Waals surface area contributed by atoms with Crippen LogP contribution in [0.2, 0.25) is 0 Å². The lowest BCUT2D eigenvalue weighted by molar-refractivity contribution is -0.120. The van der Waals surface area contributed by atoms with Crippen LogP contribution in [0.4, 0.5) is 0 Å². The molecule has 4 heteroatoms. The minimum atomic E-state index is 0.00503. The van der Waals surface area contributed by atoms with Crippen LogP contribution in [-0.2, 0) is 9.53 Å². The third kappa shape index (κ3) is 2.71. The van der Waals surface area contributed by atoms with Crippen molar-refractivity contribution in [1.29, 1.82) is 0 Å². The zero-order valence-corrected chi connectivity index (χ0v) is 10.3. The summed E-state index contributed by atoms with van der Waals surface area (Å²) in [4.78, 5) is 10.4. The largest absolute Gasteiger partial charge is 0.493 e. The van der Waals surface area contributed by atoms with Crippen LogP contribution in [0.3, 0.4) is 0 Å². The first-order valence-electron chi connectivity index (χ1n) is 5.81. The molecule has 1 heterocycles. The second-order valence-electron chi connectivity index (χ2n) is 4.19. The van der Waals surface area contributed by atoms with Crippen LogP contribution < -0.4 is 9.47 Å². The van der Waals surface area contributed by atoms with Crippen LogP contribution in [0.5, 0.6) is 11.5 Å². The number of rotatable bonds is 4. The first-order valence-corrected chi connectivity index (χ1v) is 5.81. The van der Waals surface area contributed by atoms with Gasteiger partial charge in [0.2, 0.25) is 0 Å². The van der Waals surface area contributed by atoms with Crippen molar-refractivity contribution in [3.8, 4) is 11.5 Å². The highest BCUT2D eigenvalue weighted by atomic mass is 16.5. The van der Waals surface area contributed by atoms with E-state index in [1.807, 2.05) is 12.1 Å². The van der Waals surface area contributed by atoms with Crippen LogP contribution in [0.15, 0.2) is 30.4 Å². The van der Waals surface area contributed by atoms with Crippen molar-refractivity contribution in [2.75, 3.05) is 13.7 Å². The lowest BCUT2D eigenvalue weighted by Crippen LogP contribution is -2.13. The molecule has 4 nitrogen and oxygen atoms in total. The van der Waals surface area contributed by atoms with E-state index in [1.54, 1.807) is 6.07 Å². The van der Waals surface area contributed by atoms with Gasteiger partial charge in [-0.2, -0.15) is 0 Å². The van der Waals surface area contributed by atoms with Crippen LogP contribution in [0.25, 0.3) is 0 Å². The molecule has 0 spiro atoms. The van der Waals surface area contributed by atoms with Gasteiger partial charge in [0, 0.05) is 0 Å². The average molecular weight is 248 g/mol. The van der Waals surface area contributed by atoms with Crippen molar-refractivity contribution >= 4 is 6.47 Å². The molecule has 0 aromatic heterocycles. The van der Waals surface area contributed by atoms with Gasteiger partial charge in [0.05, 0.1) is 19.8 Å². The van der Waals surface area contributed by atoms with E-state index in [0.717, 1.165) is 18.4 Å². The van der Waals surface area contributed by atoms with Gasteiger partial charge in [-0.25, -0.2) is 0 Å². The molecule has 0 aliphatic carbocycles. The number of ether oxygens (including phenoxy) is 3. The van der Waals surface area contributed by atoms with Gasteiger partial charge < -0.3 is 14.2 Å². The molecule has 0 N–H and O–H groups in total. The summed E-state index contributed by atoms with van der Waals surface area (Å²) in [6.07, 6.45) is 1.74. The molecule has 0 amide bonds. The van der Waals surface area contributed by atoms with Gasteiger partial charge in [-0.1, -0.05) is 18.2 Å². The highest BCUT2D eigenvalue weighted by molar-refractivity contribution is 5.52. The van der Waals surface area contributed by atoms with Crippen LogP contribution in [0, 0.1) is 0 Å².